The summed E-state index contributed by atoms with van der Waals surface area (Å²) in [6, 6.07) is 6.72. The zero-order valence-corrected chi connectivity index (χ0v) is 18.4. The van der Waals surface area contributed by atoms with Crippen LogP contribution in [0.1, 0.15) is 49.1 Å². The smallest absolute Gasteiger partial charge is 0.419 e. The molecule has 10 heteroatoms. The lowest BCUT2D eigenvalue weighted by atomic mass is 10.1. The van der Waals surface area contributed by atoms with Gasteiger partial charge in [-0.25, -0.2) is 14.4 Å². The van der Waals surface area contributed by atoms with E-state index in [4.69, 9.17) is 4.74 Å². The summed E-state index contributed by atoms with van der Waals surface area (Å²) < 4.78 is 61.4. The normalized spacial score (nSPS) is 18.8. The predicted octanol–water partition coefficient (Wildman–Crippen LogP) is 5.41. The molecule has 2 bridgehead atoms. The van der Waals surface area contributed by atoms with Gasteiger partial charge in [-0.3, -0.25) is 4.79 Å². The molecule has 0 aliphatic carbocycles. The summed E-state index contributed by atoms with van der Waals surface area (Å²) in [6.45, 7) is 2.32. The van der Waals surface area contributed by atoms with E-state index in [1.807, 2.05) is 6.92 Å². The third-order valence-electron chi connectivity index (χ3n) is 6.23. The number of para-hydroxylation sites is 1. The van der Waals surface area contributed by atoms with Crippen molar-refractivity contribution in [2.45, 2.75) is 44.8 Å². The number of hydrogen-bond donors (Lipinski definition) is 1. The SMILES string of the molecule is CC1CCOc2c(cccc2C(F)(F)F)CNc2nc1nc1cc(F)c(N3CCCC3=O)cc21. The number of aromatic nitrogens is 2. The second-order valence-corrected chi connectivity index (χ2v) is 8.58. The van der Waals surface area contributed by atoms with E-state index in [1.54, 1.807) is 6.07 Å². The van der Waals surface area contributed by atoms with Crippen molar-refractivity contribution < 1.29 is 27.1 Å². The minimum Gasteiger partial charge on any atom is -0.493 e. The summed E-state index contributed by atoms with van der Waals surface area (Å²) in [7, 11) is 0. The molecule has 2 aliphatic heterocycles. The fourth-order valence-electron chi connectivity index (χ4n) is 4.39. The molecular formula is C24H22F4N4O2. The first-order valence-corrected chi connectivity index (χ1v) is 11.1. The molecule has 178 valence electrons. The van der Waals surface area contributed by atoms with E-state index in [0.29, 0.717) is 53.9 Å². The number of benzene rings is 2. The van der Waals surface area contributed by atoms with Gasteiger partial charge in [0, 0.05) is 42.4 Å². The van der Waals surface area contributed by atoms with Crippen LogP contribution in [0, 0.1) is 5.82 Å². The van der Waals surface area contributed by atoms with Gasteiger partial charge in [-0.1, -0.05) is 19.1 Å². The zero-order chi connectivity index (χ0) is 24.0. The standard InChI is InChI=1S/C24H22F4N4O2/c1-13-7-9-34-21-14(4-2-5-16(21)24(26,27)28)12-29-23-15-10-19(32-8-3-6-20(32)33)17(25)11-18(15)30-22(13)31-23/h2,4-5,10-11,13H,3,6-9,12H2,1H3,(H,29,30,31). The van der Waals surface area contributed by atoms with Gasteiger partial charge < -0.3 is 15.0 Å². The molecular weight excluding hydrogens is 452 g/mol. The lowest BCUT2D eigenvalue weighted by Crippen LogP contribution is -2.24. The first-order chi connectivity index (χ1) is 16.2. The van der Waals surface area contributed by atoms with Crippen LogP contribution in [0.3, 0.4) is 0 Å². The van der Waals surface area contributed by atoms with Crippen LogP contribution in [-0.2, 0) is 17.5 Å². The Labute approximate surface area is 192 Å². The van der Waals surface area contributed by atoms with Crippen molar-refractivity contribution in [2.24, 2.45) is 0 Å². The number of carbonyl (C=O) groups is 1. The lowest BCUT2D eigenvalue weighted by Gasteiger charge is -2.19. The van der Waals surface area contributed by atoms with Crippen LogP contribution >= 0.6 is 0 Å². The molecule has 6 nitrogen and oxygen atoms in total. The molecule has 1 atom stereocenters. The van der Waals surface area contributed by atoms with Crippen molar-refractivity contribution in [1.82, 2.24) is 9.97 Å². The second kappa shape index (κ2) is 8.41. The fourth-order valence-corrected chi connectivity index (χ4v) is 4.39. The molecule has 5 rings (SSSR count). The molecule has 2 aliphatic rings. The predicted molar refractivity (Wildman–Crippen MR) is 118 cm³/mol. The van der Waals surface area contributed by atoms with Crippen LogP contribution in [0.4, 0.5) is 29.1 Å². The van der Waals surface area contributed by atoms with Gasteiger partial charge in [0.05, 0.1) is 23.4 Å². The zero-order valence-electron chi connectivity index (χ0n) is 18.4. The highest BCUT2D eigenvalue weighted by Crippen LogP contribution is 2.39. The molecule has 1 fully saturated rings. The Hall–Kier alpha value is -3.43. The van der Waals surface area contributed by atoms with E-state index in [2.05, 4.69) is 15.3 Å². The molecule has 0 radical (unpaired) electrons. The molecule has 0 saturated carbocycles. The third kappa shape index (κ3) is 4.01. The summed E-state index contributed by atoms with van der Waals surface area (Å²) in [5, 5.41) is 3.59. The molecule has 1 saturated heterocycles. The fraction of sp³-hybridized carbons (Fsp3) is 0.375. The maximum Gasteiger partial charge on any atom is 0.419 e. The first-order valence-electron chi connectivity index (χ1n) is 11.1. The van der Waals surface area contributed by atoms with Gasteiger partial charge in [-0.05, 0) is 25.0 Å². The van der Waals surface area contributed by atoms with Crippen LogP contribution in [0.2, 0.25) is 0 Å². The Morgan fingerprint density at radius 1 is 1.21 bits per heavy atom. The summed E-state index contributed by atoms with van der Waals surface area (Å²) in [6.07, 6.45) is -3.18. The van der Waals surface area contributed by atoms with Crippen molar-refractivity contribution in [3.63, 3.8) is 0 Å². The number of anilines is 2. The van der Waals surface area contributed by atoms with Gasteiger partial charge >= 0.3 is 6.18 Å². The number of alkyl halides is 3. The van der Waals surface area contributed by atoms with Crippen LogP contribution in [-0.4, -0.2) is 29.0 Å². The van der Waals surface area contributed by atoms with Crippen LogP contribution < -0.4 is 15.0 Å². The van der Waals surface area contributed by atoms with Gasteiger partial charge in [0.25, 0.3) is 0 Å². The number of carbonyl (C=O) groups excluding carboxylic acids is 1. The quantitative estimate of drug-likeness (QED) is 0.478. The minimum absolute atomic E-state index is 0.00847. The monoisotopic (exact) mass is 474 g/mol. The Bertz CT molecular complexity index is 1280. The van der Waals surface area contributed by atoms with Crippen molar-refractivity contribution >= 4 is 28.3 Å². The number of nitrogens with zero attached hydrogens (tertiary/aromatic N) is 3. The summed E-state index contributed by atoms with van der Waals surface area (Å²) in [5.41, 5.74) is -0.000432. The lowest BCUT2D eigenvalue weighted by molar-refractivity contribution is -0.139. The van der Waals surface area contributed by atoms with E-state index in [-0.39, 0.29) is 36.4 Å². The Kier molecular flexibility index (Phi) is 5.53. The van der Waals surface area contributed by atoms with E-state index >= 15 is 0 Å². The molecule has 2 aromatic carbocycles. The summed E-state index contributed by atoms with van der Waals surface area (Å²) in [4.78, 5) is 22.7. The number of fused-ring (bicyclic) bond motifs is 5. The Balaban J connectivity index is 1.62. The van der Waals surface area contributed by atoms with Crippen molar-refractivity contribution in [3.8, 4) is 5.75 Å². The molecule has 1 amide bonds. The number of nitrogens with one attached hydrogen (secondary N) is 1. The highest BCUT2D eigenvalue weighted by Gasteiger charge is 2.35. The molecule has 3 aromatic rings. The number of ether oxygens (including phenoxy) is 1. The molecule has 0 spiro atoms. The molecule has 1 N–H and O–H groups in total. The molecule has 34 heavy (non-hydrogen) atoms. The molecule has 3 heterocycles. The highest BCUT2D eigenvalue weighted by molar-refractivity contribution is 5.99. The molecule has 1 aromatic heterocycles. The minimum atomic E-state index is -4.56. The number of hydrogen-bond acceptors (Lipinski definition) is 5. The Morgan fingerprint density at radius 2 is 2.03 bits per heavy atom. The van der Waals surface area contributed by atoms with Crippen molar-refractivity contribution in [3.05, 3.63) is 53.1 Å². The van der Waals surface area contributed by atoms with E-state index in [9.17, 15) is 22.4 Å². The van der Waals surface area contributed by atoms with Gasteiger partial charge in [0.2, 0.25) is 5.91 Å². The van der Waals surface area contributed by atoms with Crippen LogP contribution in [0.15, 0.2) is 30.3 Å². The largest absolute Gasteiger partial charge is 0.493 e. The van der Waals surface area contributed by atoms with Crippen molar-refractivity contribution in [2.75, 3.05) is 23.4 Å². The van der Waals surface area contributed by atoms with E-state index in [0.717, 1.165) is 6.07 Å². The second-order valence-electron chi connectivity index (χ2n) is 8.58. The average Bonchev–Trinajstić information content (AvgIpc) is 3.20. The van der Waals surface area contributed by atoms with Crippen LogP contribution in [0.25, 0.3) is 10.9 Å². The summed E-state index contributed by atoms with van der Waals surface area (Å²) >= 11 is 0. The van der Waals surface area contributed by atoms with Crippen molar-refractivity contribution in [1.29, 1.82) is 0 Å². The van der Waals surface area contributed by atoms with Gasteiger partial charge in [-0.15, -0.1) is 0 Å². The third-order valence-corrected chi connectivity index (χ3v) is 6.23. The van der Waals surface area contributed by atoms with Gasteiger partial charge in [0.15, 0.2) is 0 Å². The maximum absolute atomic E-state index is 15.0. The average molecular weight is 474 g/mol. The van der Waals surface area contributed by atoms with E-state index in [1.165, 1.54) is 23.1 Å². The maximum atomic E-state index is 15.0. The van der Waals surface area contributed by atoms with Gasteiger partial charge in [0.1, 0.15) is 23.2 Å². The number of rotatable bonds is 1. The van der Waals surface area contributed by atoms with Crippen LogP contribution in [0.5, 0.6) is 5.75 Å². The Morgan fingerprint density at radius 3 is 2.76 bits per heavy atom. The van der Waals surface area contributed by atoms with E-state index < -0.39 is 17.6 Å². The highest BCUT2D eigenvalue weighted by atomic mass is 19.4. The topological polar surface area (TPSA) is 67.3 Å². The van der Waals surface area contributed by atoms with Gasteiger partial charge in [-0.2, -0.15) is 13.2 Å². The first kappa shape index (κ1) is 22.4. The number of amides is 1. The molecule has 1 unspecified atom stereocenters. The number of halogens is 4. The summed E-state index contributed by atoms with van der Waals surface area (Å²) in [5.74, 6) is -0.367.